The van der Waals surface area contributed by atoms with Crippen molar-refractivity contribution >= 4 is 21.6 Å². The molecule has 1 fully saturated rings. The van der Waals surface area contributed by atoms with Gasteiger partial charge in [0.25, 0.3) is 0 Å². The summed E-state index contributed by atoms with van der Waals surface area (Å²) in [5, 5.41) is 0. The molecule has 1 saturated carbocycles. The highest BCUT2D eigenvalue weighted by molar-refractivity contribution is 7.89. The Hall–Kier alpha value is -0.580. The lowest BCUT2D eigenvalue weighted by Crippen LogP contribution is -2.33. The molecule has 0 amide bonds. The van der Waals surface area contributed by atoms with Gasteiger partial charge in [-0.1, -0.05) is 19.1 Å². The summed E-state index contributed by atoms with van der Waals surface area (Å²) in [5.74, 6) is 0.332. The molecular weight excluding hydrogens is 270 g/mol. The highest BCUT2D eigenvalue weighted by Crippen LogP contribution is 2.33. The van der Waals surface area contributed by atoms with Gasteiger partial charge in [-0.25, -0.2) is 8.42 Å². The fourth-order valence-corrected chi connectivity index (χ4v) is 4.26. The molecule has 2 rings (SSSR count). The number of alkyl halides is 1. The molecule has 0 atom stereocenters. The van der Waals surface area contributed by atoms with Crippen molar-refractivity contribution in [3.63, 3.8) is 0 Å². The van der Waals surface area contributed by atoms with Crippen molar-refractivity contribution in [3.8, 4) is 0 Å². The minimum atomic E-state index is -3.38. The topological polar surface area (TPSA) is 37.4 Å². The number of sulfonamides is 1. The average molecular weight is 288 g/mol. The zero-order chi connectivity index (χ0) is 13.3. The maximum Gasteiger partial charge on any atom is 0.243 e. The van der Waals surface area contributed by atoms with Crippen molar-refractivity contribution in [3.05, 3.63) is 29.3 Å². The highest BCUT2D eigenvalue weighted by Gasteiger charge is 2.37. The zero-order valence-electron chi connectivity index (χ0n) is 10.7. The standard InChI is InChI=1S/C13H18ClNO2S/c1-3-15(12-6-7-12)18(16,17)13-8-11(9-14)5-4-10(13)2/h4-5,8,12H,3,6-7,9H2,1-2H3. The van der Waals surface area contributed by atoms with Crippen LogP contribution in [0.15, 0.2) is 23.1 Å². The largest absolute Gasteiger partial charge is 0.243 e. The molecule has 1 aromatic carbocycles. The lowest BCUT2D eigenvalue weighted by atomic mass is 10.2. The van der Waals surface area contributed by atoms with Crippen molar-refractivity contribution in [2.75, 3.05) is 6.54 Å². The van der Waals surface area contributed by atoms with Crippen molar-refractivity contribution in [2.24, 2.45) is 0 Å². The van der Waals surface area contributed by atoms with E-state index in [4.69, 9.17) is 11.6 Å². The minimum absolute atomic E-state index is 0.194. The van der Waals surface area contributed by atoms with Crippen molar-refractivity contribution in [1.29, 1.82) is 0 Å². The predicted octanol–water partition coefficient (Wildman–Crippen LogP) is 2.91. The van der Waals surface area contributed by atoms with Crippen LogP contribution in [0.4, 0.5) is 0 Å². The molecule has 3 nitrogen and oxygen atoms in total. The third kappa shape index (κ3) is 2.56. The molecule has 0 spiro atoms. The van der Waals surface area contributed by atoms with Crippen LogP contribution in [-0.4, -0.2) is 25.3 Å². The maximum atomic E-state index is 12.6. The van der Waals surface area contributed by atoms with Crippen LogP contribution in [0.3, 0.4) is 0 Å². The summed E-state index contributed by atoms with van der Waals surface area (Å²) in [6.07, 6.45) is 1.95. The van der Waals surface area contributed by atoms with E-state index < -0.39 is 10.0 Å². The predicted molar refractivity (Wildman–Crippen MR) is 73.3 cm³/mol. The van der Waals surface area contributed by atoms with Crippen molar-refractivity contribution < 1.29 is 8.42 Å². The van der Waals surface area contributed by atoms with E-state index in [0.29, 0.717) is 17.3 Å². The summed E-state index contributed by atoms with van der Waals surface area (Å²) in [6, 6.07) is 5.59. The zero-order valence-corrected chi connectivity index (χ0v) is 12.3. The average Bonchev–Trinajstić information content (AvgIpc) is 3.14. The van der Waals surface area contributed by atoms with Gasteiger partial charge in [-0.2, -0.15) is 4.31 Å². The Bertz CT molecular complexity index is 538. The van der Waals surface area contributed by atoms with E-state index in [1.165, 1.54) is 0 Å². The summed E-state index contributed by atoms with van der Waals surface area (Å²) >= 11 is 5.78. The fourth-order valence-electron chi connectivity index (χ4n) is 2.12. The molecule has 0 aliphatic heterocycles. The molecule has 0 unspecified atom stereocenters. The second kappa shape index (κ2) is 5.19. The van der Waals surface area contributed by atoms with Crippen LogP contribution in [0.25, 0.3) is 0 Å². The first-order valence-corrected chi connectivity index (χ1v) is 8.15. The Labute approximate surface area is 114 Å². The molecule has 1 aliphatic carbocycles. The molecule has 0 saturated heterocycles. The van der Waals surface area contributed by atoms with Gasteiger partial charge in [-0.3, -0.25) is 0 Å². The molecule has 1 aromatic rings. The van der Waals surface area contributed by atoms with Crippen LogP contribution in [0, 0.1) is 6.92 Å². The maximum absolute atomic E-state index is 12.6. The Morgan fingerprint density at radius 3 is 2.56 bits per heavy atom. The van der Waals surface area contributed by atoms with E-state index in [1.54, 1.807) is 10.4 Å². The van der Waals surface area contributed by atoms with Crippen molar-refractivity contribution in [1.82, 2.24) is 4.31 Å². The van der Waals surface area contributed by atoms with Gasteiger partial charge in [0.05, 0.1) is 4.90 Å². The normalized spacial score (nSPS) is 16.2. The van der Waals surface area contributed by atoms with Crippen LogP contribution in [0.2, 0.25) is 0 Å². The number of benzene rings is 1. The Kier molecular flexibility index (Phi) is 3.99. The van der Waals surface area contributed by atoms with E-state index in [-0.39, 0.29) is 6.04 Å². The van der Waals surface area contributed by atoms with Gasteiger partial charge < -0.3 is 0 Å². The third-order valence-corrected chi connectivity index (χ3v) is 5.74. The molecule has 100 valence electrons. The summed E-state index contributed by atoms with van der Waals surface area (Å²) in [4.78, 5) is 0.398. The molecular formula is C13H18ClNO2S. The van der Waals surface area contributed by atoms with Crippen molar-refractivity contribution in [2.45, 2.75) is 43.5 Å². The molecule has 0 heterocycles. The molecule has 0 aromatic heterocycles. The minimum Gasteiger partial charge on any atom is -0.207 e. The number of hydrogen-bond acceptors (Lipinski definition) is 2. The van der Waals surface area contributed by atoms with Crippen LogP contribution in [0.5, 0.6) is 0 Å². The molecule has 5 heteroatoms. The molecule has 0 N–H and O–H groups in total. The SMILES string of the molecule is CCN(C1CC1)S(=O)(=O)c1cc(CCl)ccc1C. The fraction of sp³-hybridized carbons (Fsp3) is 0.538. The first-order chi connectivity index (χ1) is 8.50. The summed E-state index contributed by atoms with van der Waals surface area (Å²) < 4.78 is 26.8. The van der Waals surface area contributed by atoms with Gasteiger partial charge in [-0.15, -0.1) is 11.6 Å². The molecule has 18 heavy (non-hydrogen) atoms. The highest BCUT2D eigenvalue weighted by atomic mass is 35.5. The molecule has 1 aliphatic rings. The number of halogens is 1. The summed E-state index contributed by atoms with van der Waals surface area (Å²) in [6.45, 7) is 4.24. The Morgan fingerprint density at radius 2 is 2.06 bits per heavy atom. The van der Waals surface area contributed by atoms with E-state index in [0.717, 1.165) is 24.0 Å². The van der Waals surface area contributed by atoms with E-state index in [2.05, 4.69) is 0 Å². The monoisotopic (exact) mass is 287 g/mol. The quantitative estimate of drug-likeness (QED) is 0.781. The summed E-state index contributed by atoms with van der Waals surface area (Å²) in [7, 11) is -3.38. The summed E-state index contributed by atoms with van der Waals surface area (Å²) in [5.41, 5.74) is 1.62. The second-order valence-electron chi connectivity index (χ2n) is 4.67. The lowest BCUT2D eigenvalue weighted by molar-refractivity contribution is 0.420. The van der Waals surface area contributed by atoms with Gasteiger partial charge in [-0.05, 0) is 37.0 Å². The molecule has 0 bridgehead atoms. The smallest absolute Gasteiger partial charge is 0.207 e. The number of rotatable bonds is 5. The van der Waals surface area contributed by atoms with Gasteiger partial charge in [0, 0.05) is 18.5 Å². The van der Waals surface area contributed by atoms with Gasteiger partial charge in [0.2, 0.25) is 10.0 Å². The van der Waals surface area contributed by atoms with Crippen LogP contribution >= 0.6 is 11.6 Å². The number of nitrogens with zero attached hydrogens (tertiary/aromatic N) is 1. The van der Waals surface area contributed by atoms with Crippen LogP contribution < -0.4 is 0 Å². The third-order valence-electron chi connectivity index (χ3n) is 3.26. The first kappa shape index (κ1) is 13.8. The van der Waals surface area contributed by atoms with Gasteiger partial charge in [0.1, 0.15) is 0 Å². The van der Waals surface area contributed by atoms with E-state index >= 15 is 0 Å². The lowest BCUT2D eigenvalue weighted by Gasteiger charge is -2.21. The van der Waals surface area contributed by atoms with Gasteiger partial charge >= 0.3 is 0 Å². The second-order valence-corrected chi connectivity index (χ2v) is 6.80. The van der Waals surface area contributed by atoms with E-state index in [1.807, 2.05) is 26.0 Å². The Morgan fingerprint density at radius 1 is 1.39 bits per heavy atom. The Balaban J connectivity index is 2.45. The van der Waals surface area contributed by atoms with Crippen LogP contribution in [-0.2, 0) is 15.9 Å². The number of hydrogen-bond donors (Lipinski definition) is 0. The molecule has 0 radical (unpaired) electrons. The number of aryl methyl sites for hydroxylation is 1. The van der Waals surface area contributed by atoms with Gasteiger partial charge in [0.15, 0.2) is 0 Å². The first-order valence-electron chi connectivity index (χ1n) is 6.18. The van der Waals surface area contributed by atoms with E-state index in [9.17, 15) is 8.42 Å². The van der Waals surface area contributed by atoms with Crippen LogP contribution in [0.1, 0.15) is 30.9 Å².